The van der Waals surface area contributed by atoms with Crippen LogP contribution < -0.4 is 9.92 Å². The maximum atomic E-state index is 6.25. The van der Waals surface area contributed by atoms with Crippen molar-refractivity contribution in [1.29, 1.82) is 0 Å². The first-order valence-corrected chi connectivity index (χ1v) is 11.5. The normalized spacial score (nSPS) is 21.2. The molecule has 0 aliphatic carbocycles. The van der Waals surface area contributed by atoms with Gasteiger partial charge in [-0.3, -0.25) is 0 Å². The van der Waals surface area contributed by atoms with Gasteiger partial charge in [-0.05, 0) is 39.3 Å². The van der Waals surface area contributed by atoms with Crippen LogP contribution in [0.25, 0.3) is 0 Å². The van der Waals surface area contributed by atoms with E-state index < -0.39 is 14.6 Å². The standard InChI is InChI=1S/C20H34O5Si/c1-7-11-16(5)20(6)21-15-17-14-18(12-13-19(17)25-20)26(22-8-2,23-9-3)24-10-4/h12-14,16H,7-11,15H2,1-6H3. The summed E-state index contributed by atoms with van der Waals surface area (Å²) in [5, 5.41) is 0.958. The van der Waals surface area contributed by atoms with Crippen molar-refractivity contribution >= 4 is 14.0 Å². The molecule has 0 N–H and O–H groups in total. The van der Waals surface area contributed by atoms with Crippen LogP contribution in [0.2, 0.25) is 0 Å². The minimum Gasteiger partial charge on any atom is -0.462 e. The molecular formula is C20H34O5Si. The molecule has 6 heteroatoms. The summed E-state index contributed by atoms with van der Waals surface area (Å²) in [5.74, 6) is 0.612. The van der Waals surface area contributed by atoms with E-state index in [9.17, 15) is 0 Å². The second kappa shape index (κ2) is 9.33. The molecule has 0 saturated heterocycles. The smallest absolute Gasteiger partial charge is 0.462 e. The van der Waals surface area contributed by atoms with E-state index in [0.29, 0.717) is 32.3 Å². The summed E-state index contributed by atoms with van der Waals surface area (Å²) in [6.07, 6.45) is 2.18. The van der Waals surface area contributed by atoms with Crippen molar-refractivity contribution < 1.29 is 22.8 Å². The summed E-state index contributed by atoms with van der Waals surface area (Å²) in [4.78, 5) is 0. The molecule has 1 aromatic carbocycles. The number of hydrogen-bond donors (Lipinski definition) is 0. The van der Waals surface area contributed by atoms with Gasteiger partial charge in [-0.2, -0.15) is 0 Å². The Hall–Kier alpha value is -0.923. The lowest BCUT2D eigenvalue weighted by atomic mass is 9.96. The predicted octanol–water partition coefficient (Wildman–Crippen LogP) is 4.00. The van der Waals surface area contributed by atoms with Gasteiger partial charge in [-0.25, -0.2) is 0 Å². The number of hydrogen-bond acceptors (Lipinski definition) is 5. The molecule has 0 bridgehead atoms. The second-order valence-electron chi connectivity index (χ2n) is 6.77. The van der Waals surface area contributed by atoms with Gasteiger partial charge in [0.1, 0.15) is 5.75 Å². The lowest BCUT2D eigenvalue weighted by Crippen LogP contribution is -2.57. The molecule has 0 aromatic heterocycles. The maximum absolute atomic E-state index is 6.25. The van der Waals surface area contributed by atoms with Crippen LogP contribution in [0, 0.1) is 5.92 Å². The summed E-state index contributed by atoms with van der Waals surface area (Å²) in [7, 11) is -2.91. The molecular weight excluding hydrogens is 348 g/mol. The van der Waals surface area contributed by atoms with Crippen LogP contribution in [0.3, 0.4) is 0 Å². The number of benzene rings is 1. The molecule has 0 radical (unpaired) electrons. The Bertz CT molecular complexity index is 562. The minimum absolute atomic E-state index is 0.323. The van der Waals surface area contributed by atoms with Crippen LogP contribution in [0.4, 0.5) is 0 Å². The molecule has 5 nitrogen and oxygen atoms in total. The summed E-state index contributed by atoms with van der Waals surface area (Å²) in [6, 6.07) is 6.08. The van der Waals surface area contributed by atoms with Crippen molar-refractivity contribution in [2.45, 2.75) is 66.8 Å². The first-order valence-electron chi connectivity index (χ1n) is 9.82. The van der Waals surface area contributed by atoms with Gasteiger partial charge in [-0.1, -0.05) is 26.3 Å². The van der Waals surface area contributed by atoms with Crippen molar-refractivity contribution in [3.8, 4) is 5.75 Å². The summed E-state index contributed by atoms with van der Waals surface area (Å²) >= 11 is 0. The molecule has 0 saturated carbocycles. The Labute approximate surface area is 159 Å². The zero-order chi connectivity index (χ0) is 19.2. The quantitative estimate of drug-likeness (QED) is 0.572. The summed E-state index contributed by atoms with van der Waals surface area (Å²) < 4.78 is 30.4. The fraction of sp³-hybridized carbons (Fsp3) is 0.700. The third-order valence-corrected chi connectivity index (χ3v) is 7.89. The second-order valence-corrected chi connectivity index (χ2v) is 9.33. The predicted molar refractivity (Wildman–Crippen MR) is 105 cm³/mol. The minimum atomic E-state index is -2.91. The Morgan fingerprint density at radius 1 is 1.08 bits per heavy atom. The third-order valence-electron chi connectivity index (χ3n) is 4.86. The van der Waals surface area contributed by atoms with Gasteiger partial charge in [0.05, 0.1) is 6.61 Å². The monoisotopic (exact) mass is 382 g/mol. The summed E-state index contributed by atoms with van der Waals surface area (Å²) in [5.41, 5.74) is 1.01. The highest BCUT2D eigenvalue weighted by molar-refractivity contribution is 6.75. The summed E-state index contributed by atoms with van der Waals surface area (Å²) in [6.45, 7) is 14.4. The van der Waals surface area contributed by atoms with E-state index in [1.807, 2.05) is 39.8 Å². The van der Waals surface area contributed by atoms with Crippen LogP contribution in [0.15, 0.2) is 18.2 Å². The lowest BCUT2D eigenvalue weighted by Gasteiger charge is -2.40. The van der Waals surface area contributed by atoms with Crippen molar-refractivity contribution in [2.24, 2.45) is 5.92 Å². The van der Waals surface area contributed by atoms with E-state index in [2.05, 4.69) is 19.9 Å². The van der Waals surface area contributed by atoms with Gasteiger partial charge in [0.25, 0.3) is 0 Å². The van der Waals surface area contributed by atoms with Gasteiger partial charge in [0, 0.05) is 43.4 Å². The molecule has 0 fully saturated rings. The van der Waals surface area contributed by atoms with E-state index in [4.69, 9.17) is 22.8 Å². The largest absolute Gasteiger partial charge is 0.537 e. The van der Waals surface area contributed by atoms with Crippen LogP contribution in [0.5, 0.6) is 5.75 Å². The van der Waals surface area contributed by atoms with Crippen LogP contribution >= 0.6 is 0 Å². The van der Waals surface area contributed by atoms with Gasteiger partial charge >= 0.3 is 8.80 Å². The molecule has 2 unspecified atom stereocenters. The first-order chi connectivity index (χ1) is 12.4. The molecule has 2 atom stereocenters. The molecule has 2 rings (SSSR count). The fourth-order valence-corrected chi connectivity index (χ4v) is 5.86. The van der Waals surface area contributed by atoms with Crippen molar-refractivity contribution in [3.05, 3.63) is 23.8 Å². The van der Waals surface area contributed by atoms with Gasteiger partial charge in [-0.15, -0.1) is 0 Å². The van der Waals surface area contributed by atoms with Crippen LogP contribution in [-0.4, -0.2) is 34.4 Å². The molecule has 1 aromatic rings. The molecule has 1 aliphatic rings. The number of ether oxygens (including phenoxy) is 2. The molecule has 26 heavy (non-hydrogen) atoms. The van der Waals surface area contributed by atoms with Crippen molar-refractivity contribution in [2.75, 3.05) is 19.8 Å². The van der Waals surface area contributed by atoms with E-state index >= 15 is 0 Å². The highest BCUT2D eigenvalue weighted by atomic mass is 28.4. The highest BCUT2D eigenvalue weighted by Gasteiger charge is 2.45. The first kappa shape index (κ1) is 21.4. The van der Waals surface area contributed by atoms with E-state index in [0.717, 1.165) is 29.3 Å². The SMILES string of the molecule is CCCC(C)C1(C)OCc2cc([Si](OCC)(OCC)OCC)ccc2O1. The number of rotatable bonds is 10. The van der Waals surface area contributed by atoms with Gasteiger partial charge in [0.2, 0.25) is 5.79 Å². The Kier molecular flexibility index (Phi) is 7.67. The molecule has 1 aliphatic heterocycles. The zero-order valence-corrected chi connectivity index (χ0v) is 18.1. The van der Waals surface area contributed by atoms with Crippen molar-refractivity contribution in [1.82, 2.24) is 0 Å². The zero-order valence-electron chi connectivity index (χ0n) is 17.1. The molecule has 0 spiro atoms. The topological polar surface area (TPSA) is 46.2 Å². The number of fused-ring (bicyclic) bond motifs is 1. The maximum Gasteiger partial charge on any atom is 0.537 e. The average molecular weight is 383 g/mol. The molecule has 1 heterocycles. The fourth-order valence-electron chi connectivity index (χ4n) is 3.33. The van der Waals surface area contributed by atoms with Crippen molar-refractivity contribution in [3.63, 3.8) is 0 Å². The average Bonchev–Trinajstić information content (AvgIpc) is 2.62. The van der Waals surface area contributed by atoms with Crippen LogP contribution in [-0.2, 0) is 24.6 Å². The Balaban J connectivity index is 2.31. The van der Waals surface area contributed by atoms with Gasteiger partial charge in [0.15, 0.2) is 0 Å². The molecule has 0 amide bonds. The molecule has 148 valence electrons. The van der Waals surface area contributed by atoms with E-state index in [1.165, 1.54) is 0 Å². The van der Waals surface area contributed by atoms with Crippen LogP contribution in [0.1, 0.15) is 59.9 Å². The Morgan fingerprint density at radius 2 is 1.69 bits per heavy atom. The Morgan fingerprint density at radius 3 is 2.23 bits per heavy atom. The van der Waals surface area contributed by atoms with Gasteiger partial charge < -0.3 is 22.8 Å². The van der Waals surface area contributed by atoms with E-state index in [1.54, 1.807) is 0 Å². The lowest BCUT2D eigenvalue weighted by molar-refractivity contribution is -0.223. The third kappa shape index (κ3) is 4.49. The van der Waals surface area contributed by atoms with E-state index in [-0.39, 0.29) is 0 Å². The highest BCUT2D eigenvalue weighted by Crippen LogP contribution is 2.36.